The lowest BCUT2D eigenvalue weighted by atomic mass is 10.1. The summed E-state index contributed by atoms with van der Waals surface area (Å²) in [6, 6.07) is 1.78. The van der Waals surface area contributed by atoms with E-state index in [2.05, 4.69) is 15.5 Å². The standard InChI is InChI=1S/C11H14N4O3/c1-6(2)10-9(11(16)17)12-14-15(10)5-8-4-7(3)18-13-8/h4,6H,5H2,1-3H3,(H,16,17). The van der Waals surface area contributed by atoms with Gasteiger partial charge >= 0.3 is 5.97 Å². The van der Waals surface area contributed by atoms with Gasteiger partial charge in [0.2, 0.25) is 0 Å². The molecule has 0 saturated carbocycles. The molecule has 0 radical (unpaired) electrons. The Bertz CT molecular complexity index is 571. The number of carboxylic acids is 1. The van der Waals surface area contributed by atoms with Gasteiger partial charge in [-0.25, -0.2) is 9.48 Å². The van der Waals surface area contributed by atoms with E-state index in [1.807, 2.05) is 13.8 Å². The first-order valence-electron chi connectivity index (χ1n) is 5.58. The third kappa shape index (κ3) is 2.24. The third-order valence-electron chi connectivity index (χ3n) is 2.51. The molecule has 0 fully saturated rings. The maximum atomic E-state index is 11.0. The quantitative estimate of drug-likeness (QED) is 0.882. The molecular formula is C11H14N4O3. The minimum absolute atomic E-state index is 0.00906. The smallest absolute Gasteiger partial charge is 0.358 e. The molecule has 7 heteroatoms. The number of aromatic nitrogens is 4. The molecule has 2 rings (SSSR count). The molecule has 0 amide bonds. The van der Waals surface area contributed by atoms with Crippen LogP contribution in [-0.4, -0.2) is 31.2 Å². The van der Waals surface area contributed by atoms with Crippen molar-refractivity contribution in [2.45, 2.75) is 33.2 Å². The first kappa shape index (κ1) is 12.3. The third-order valence-corrected chi connectivity index (χ3v) is 2.51. The van der Waals surface area contributed by atoms with Crippen LogP contribution in [0.15, 0.2) is 10.6 Å². The predicted molar refractivity (Wildman–Crippen MR) is 61.4 cm³/mol. The van der Waals surface area contributed by atoms with Gasteiger partial charge in [0, 0.05) is 6.07 Å². The molecule has 96 valence electrons. The number of aromatic carboxylic acids is 1. The van der Waals surface area contributed by atoms with E-state index in [-0.39, 0.29) is 11.6 Å². The van der Waals surface area contributed by atoms with Crippen molar-refractivity contribution in [1.29, 1.82) is 0 Å². The molecule has 0 aromatic carbocycles. The summed E-state index contributed by atoms with van der Waals surface area (Å²) >= 11 is 0. The van der Waals surface area contributed by atoms with Crippen LogP contribution in [-0.2, 0) is 6.54 Å². The summed E-state index contributed by atoms with van der Waals surface area (Å²) in [5.74, 6) is -0.352. The van der Waals surface area contributed by atoms with Gasteiger partial charge in [-0.05, 0) is 12.8 Å². The van der Waals surface area contributed by atoms with Crippen LogP contribution in [0.2, 0.25) is 0 Å². The molecule has 0 spiro atoms. The second-order valence-corrected chi connectivity index (χ2v) is 4.37. The number of rotatable bonds is 4. The normalized spacial score (nSPS) is 11.1. The molecule has 0 saturated heterocycles. The average molecular weight is 250 g/mol. The fourth-order valence-electron chi connectivity index (χ4n) is 1.81. The van der Waals surface area contributed by atoms with Crippen LogP contribution < -0.4 is 0 Å². The van der Waals surface area contributed by atoms with Crippen LogP contribution in [0.5, 0.6) is 0 Å². The summed E-state index contributed by atoms with van der Waals surface area (Å²) in [5.41, 5.74) is 1.27. The van der Waals surface area contributed by atoms with Crippen LogP contribution in [0.3, 0.4) is 0 Å². The van der Waals surface area contributed by atoms with Gasteiger partial charge in [0.15, 0.2) is 5.69 Å². The Morgan fingerprint density at radius 2 is 2.28 bits per heavy atom. The second kappa shape index (κ2) is 4.59. The topological polar surface area (TPSA) is 94.0 Å². The van der Waals surface area contributed by atoms with Crippen LogP contribution >= 0.6 is 0 Å². The van der Waals surface area contributed by atoms with Gasteiger partial charge in [-0.3, -0.25) is 0 Å². The van der Waals surface area contributed by atoms with E-state index in [1.54, 1.807) is 17.7 Å². The average Bonchev–Trinajstić information content (AvgIpc) is 2.85. The molecular weight excluding hydrogens is 236 g/mol. The van der Waals surface area contributed by atoms with E-state index in [9.17, 15) is 4.79 Å². The largest absolute Gasteiger partial charge is 0.476 e. The van der Waals surface area contributed by atoms with Crippen LogP contribution in [0, 0.1) is 6.92 Å². The van der Waals surface area contributed by atoms with Crippen molar-refractivity contribution in [1.82, 2.24) is 20.2 Å². The molecule has 0 aliphatic carbocycles. The van der Waals surface area contributed by atoms with Gasteiger partial charge < -0.3 is 9.63 Å². The molecule has 18 heavy (non-hydrogen) atoms. The zero-order valence-corrected chi connectivity index (χ0v) is 10.4. The number of hydrogen-bond acceptors (Lipinski definition) is 5. The lowest BCUT2D eigenvalue weighted by Gasteiger charge is -2.08. The van der Waals surface area contributed by atoms with E-state index in [0.717, 1.165) is 0 Å². The van der Waals surface area contributed by atoms with Crippen molar-refractivity contribution in [3.63, 3.8) is 0 Å². The second-order valence-electron chi connectivity index (χ2n) is 4.37. The predicted octanol–water partition coefficient (Wildman–Crippen LogP) is 1.44. The van der Waals surface area contributed by atoms with Gasteiger partial charge in [0.05, 0.1) is 12.2 Å². The Labute approximate surface area is 103 Å². The number of hydrogen-bond donors (Lipinski definition) is 1. The number of nitrogens with zero attached hydrogens (tertiary/aromatic N) is 4. The highest BCUT2D eigenvalue weighted by Crippen LogP contribution is 2.18. The number of carbonyl (C=O) groups is 1. The number of carboxylic acid groups (broad SMARTS) is 1. The van der Waals surface area contributed by atoms with Crippen molar-refractivity contribution < 1.29 is 14.4 Å². The Kier molecular flexibility index (Phi) is 3.14. The van der Waals surface area contributed by atoms with Crippen molar-refractivity contribution in [2.24, 2.45) is 0 Å². The molecule has 2 aromatic rings. The highest BCUT2D eigenvalue weighted by Gasteiger charge is 2.21. The van der Waals surface area contributed by atoms with Gasteiger partial charge in [0.1, 0.15) is 11.5 Å². The monoisotopic (exact) mass is 250 g/mol. The maximum absolute atomic E-state index is 11.0. The Hall–Kier alpha value is -2.18. The van der Waals surface area contributed by atoms with E-state index in [4.69, 9.17) is 9.63 Å². The summed E-state index contributed by atoms with van der Waals surface area (Å²) in [6.45, 7) is 5.94. The highest BCUT2D eigenvalue weighted by atomic mass is 16.5. The number of aryl methyl sites for hydroxylation is 1. The fourth-order valence-corrected chi connectivity index (χ4v) is 1.81. The Morgan fingerprint density at radius 3 is 2.78 bits per heavy atom. The summed E-state index contributed by atoms with van der Waals surface area (Å²) in [5, 5.41) is 20.5. The fraction of sp³-hybridized carbons (Fsp3) is 0.455. The first-order chi connectivity index (χ1) is 8.49. The molecule has 0 atom stereocenters. The first-order valence-corrected chi connectivity index (χ1v) is 5.58. The minimum Gasteiger partial charge on any atom is -0.476 e. The Morgan fingerprint density at radius 1 is 1.56 bits per heavy atom. The zero-order valence-electron chi connectivity index (χ0n) is 10.4. The van der Waals surface area contributed by atoms with Crippen LogP contribution in [0.1, 0.15) is 47.4 Å². The molecule has 0 aliphatic heterocycles. The van der Waals surface area contributed by atoms with E-state index < -0.39 is 5.97 Å². The van der Waals surface area contributed by atoms with Crippen molar-refractivity contribution in [3.8, 4) is 0 Å². The summed E-state index contributed by atoms with van der Waals surface area (Å²) < 4.78 is 6.51. The molecule has 2 heterocycles. The zero-order chi connectivity index (χ0) is 13.3. The van der Waals surface area contributed by atoms with Gasteiger partial charge in [0.25, 0.3) is 0 Å². The molecule has 0 bridgehead atoms. The molecule has 2 aromatic heterocycles. The van der Waals surface area contributed by atoms with Crippen LogP contribution in [0.4, 0.5) is 0 Å². The summed E-state index contributed by atoms with van der Waals surface area (Å²) in [4.78, 5) is 11.0. The van der Waals surface area contributed by atoms with Crippen molar-refractivity contribution in [2.75, 3.05) is 0 Å². The summed E-state index contributed by atoms with van der Waals surface area (Å²) in [7, 11) is 0. The lowest BCUT2D eigenvalue weighted by molar-refractivity contribution is 0.0688. The van der Waals surface area contributed by atoms with E-state index in [1.165, 1.54) is 0 Å². The molecule has 1 N–H and O–H groups in total. The van der Waals surface area contributed by atoms with Crippen LogP contribution in [0.25, 0.3) is 0 Å². The van der Waals surface area contributed by atoms with E-state index in [0.29, 0.717) is 23.7 Å². The highest BCUT2D eigenvalue weighted by molar-refractivity contribution is 5.86. The van der Waals surface area contributed by atoms with Gasteiger partial charge in [-0.15, -0.1) is 5.10 Å². The van der Waals surface area contributed by atoms with Gasteiger partial charge in [-0.2, -0.15) is 0 Å². The maximum Gasteiger partial charge on any atom is 0.358 e. The van der Waals surface area contributed by atoms with Crippen molar-refractivity contribution in [3.05, 3.63) is 28.9 Å². The Balaban J connectivity index is 2.36. The van der Waals surface area contributed by atoms with Gasteiger partial charge in [-0.1, -0.05) is 24.2 Å². The molecule has 7 nitrogen and oxygen atoms in total. The lowest BCUT2D eigenvalue weighted by Crippen LogP contribution is -2.11. The molecule has 0 unspecified atom stereocenters. The van der Waals surface area contributed by atoms with Crippen molar-refractivity contribution >= 4 is 5.97 Å². The SMILES string of the molecule is Cc1cc(Cn2nnc(C(=O)O)c2C(C)C)no1. The van der Waals surface area contributed by atoms with E-state index >= 15 is 0 Å². The minimum atomic E-state index is -1.07. The summed E-state index contributed by atoms with van der Waals surface area (Å²) in [6.07, 6.45) is 0. The molecule has 0 aliphatic rings.